The summed E-state index contributed by atoms with van der Waals surface area (Å²) in [6.07, 6.45) is 32.4. The first-order chi connectivity index (χ1) is 36.6. The van der Waals surface area contributed by atoms with Crippen molar-refractivity contribution in [2.24, 2.45) is 5.92 Å². The highest BCUT2D eigenvalue weighted by Gasteiger charge is 2.30. The molecule has 76 heavy (non-hydrogen) atoms. The number of carbonyl (C=O) groups excluding carboxylic acids is 4. The molecule has 450 valence electrons. The Morgan fingerprint density at radius 2 is 0.632 bits per heavy atom. The Labute approximate surface area is 460 Å². The summed E-state index contributed by atoms with van der Waals surface area (Å²) in [7, 11) is -9.86. The lowest BCUT2D eigenvalue weighted by molar-refractivity contribution is -0.161. The van der Waals surface area contributed by atoms with Gasteiger partial charge < -0.3 is 33.8 Å². The number of unbranched alkanes of at least 4 members (excludes halogenated alkanes) is 28. The van der Waals surface area contributed by atoms with E-state index in [1.165, 1.54) is 89.9 Å². The van der Waals surface area contributed by atoms with Gasteiger partial charge in [-0.15, -0.1) is 0 Å². The quantitative estimate of drug-likeness (QED) is 0.0222. The molecule has 0 bridgehead atoms. The molecule has 19 heteroatoms. The maximum absolute atomic E-state index is 12.9. The van der Waals surface area contributed by atoms with Gasteiger partial charge in [0.1, 0.15) is 19.3 Å². The average molecular weight is 1130 g/mol. The highest BCUT2D eigenvalue weighted by atomic mass is 31.2. The summed E-state index contributed by atoms with van der Waals surface area (Å²) in [6, 6.07) is 0. The van der Waals surface area contributed by atoms with Crippen LogP contribution in [-0.2, 0) is 65.4 Å². The van der Waals surface area contributed by atoms with Gasteiger partial charge in [-0.1, -0.05) is 227 Å². The van der Waals surface area contributed by atoms with E-state index in [4.69, 9.17) is 37.0 Å². The molecular weight excluding hydrogens is 1020 g/mol. The van der Waals surface area contributed by atoms with Gasteiger partial charge in [-0.2, -0.15) is 0 Å². The molecular formula is C57H110O17P2. The van der Waals surface area contributed by atoms with Crippen LogP contribution in [0.25, 0.3) is 0 Å². The number of phosphoric ester groups is 2. The van der Waals surface area contributed by atoms with Crippen molar-refractivity contribution in [2.75, 3.05) is 39.6 Å². The predicted octanol–water partition coefficient (Wildman–Crippen LogP) is 15.1. The van der Waals surface area contributed by atoms with E-state index in [1.807, 2.05) is 0 Å². The molecule has 0 aliphatic heterocycles. The lowest BCUT2D eigenvalue weighted by Gasteiger charge is -2.21. The number of carbonyl (C=O) groups is 4. The Morgan fingerprint density at radius 1 is 0.368 bits per heavy atom. The van der Waals surface area contributed by atoms with Gasteiger partial charge in [-0.25, -0.2) is 9.13 Å². The molecule has 17 nitrogen and oxygen atoms in total. The molecule has 0 aromatic carbocycles. The third kappa shape index (κ3) is 50.3. The van der Waals surface area contributed by atoms with Crippen molar-refractivity contribution < 1.29 is 80.2 Å². The van der Waals surface area contributed by atoms with Gasteiger partial charge >= 0.3 is 39.5 Å². The monoisotopic (exact) mass is 1130 g/mol. The maximum Gasteiger partial charge on any atom is 0.472 e. The Bertz CT molecular complexity index is 1500. The molecule has 0 aliphatic carbocycles. The van der Waals surface area contributed by atoms with Gasteiger partial charge in [0, 0.05) is 25.7 Å². The second-order valence-electron chi connectivity index (χ2n) is 20.9. The van der Waals surface area contributed by atoms with Gasteiger partial charge in [-0.3, -0.25) is 37.3 Å². The molecule has 0 aromatic heterocycles. The number of ether oxygens (including phenoxy) is 4. The minimum atomic E-state index is -4.93. The average Bonchev–Trinajstić information content (AvgIpc) is 3.39. The first-order valence-electron chi connectivity index (χ1n) is 30.2. The molecule has 0 amide bonds. The zero-order valence-corrected chi connectivity index (χ0v) is 50.2. The minimum Gasteiger partial charge on any atom is -0.462 e. The van der Waals surface area contributed by atoms with Gasteiger partial charge in [0.25, 0.3) is 0 Å². The molecule has 0 rings (SSSR count). The van der Waals surface area contributed by atoms with E-state index in [0.717, 1.165) is 109 Å². The van der Waals surface area contributed by atoms with E-state index in [2.05, 4.69) is 34.6 Å². The molecule has 0 spiro atoms. The van der Waals surface area contributed by atoms with Crippen molar-refractivity contribution in [1.82, 2.24) is 0 Å². The first kappa shape index (κ1) is 74.1. The van der Waals surface area contributed by atoms with E-state index in [-0.39, 0.29) is 25.7 Å². The molecule has 3 N–H and O–H groups in total. The summed E-state index contributed by atoms with van der Waals surface area (Å²) < 4.78 is 67.5. The molecule has 0 heterocycles. The van der Waals surface area contributed by atoms with Crippen molar-refractivity contribution in [1.29, 1.82) is 0 Å². The van der Waals surface area contributed by atoms with Gasteiger partial charge in [-0.05, 0) is 31.6 Å². The van der Waals surface area contributed by atoms with Gasteiger partial charge in [0.15, 0.2) is 12.2 Å². The summed E-state index contributed by atoms with van der Waals surface area (Å²) >= 11 is 0. The highest BCUT2D eigenvalue weighted by Crippen LogP contribution is 2.45. The Kier molecular flexibility index (Phi) is 49.9. The molecule has 0 fully saturated rings. The van der Waals surface area contributed by atoms with Crippen molar-refractivity contribution >= 4 is 39.5 Å². The topological polar surface area (TPSA) is 237 Å². The lowest BCUT2D eigenvalue weighted by Crippen LogP contribution is -2.30. The van der Waals surface area contributed by atoms with Crippen LogP contribution < -0.4 is 0 Å². The number of esters is 4. The van der Waals surface area contributed by atoms with E-state index in [9.17, 15) is 43.2 Å². The Balaban J connectivity index is 5.19. The van der Waals surface area contributed by atoms with Crippen LogP contribution in [0.2, 0.25) is 0 Å². The number of hydrogen-bond donors (Lipinski definition) is 3. The van der Waals surface area contributed by atoms with Crippen molar-refractivity contribution in [2.45, 2.75) is 297 Å². The molecule has 6 atom stereocenters. The third-order valence-corrected chi connectivity index (χ3v) is 15.3. The van der Waals surface area contributed by atoms with Crippen LogP contribution in [-0.4, -0.2) is 96.7 Å². The third-order valence-electron chi connectivity index (χ3n) is 13.4. The fourth-order valence-corrected chi connectivity index (χ4v) is 9.89. The van der Waals surface area contributed by atoms with Crippen LogP contribution in [0.1, 0.15) is 279 Å². The van der Waals surface area contributed by atoms with Crippen molar-refractivity contribution in [3.05, 3.63) is 0 Å². The zero-order chi connectivity index (χ0) is 56.4. The SMILES string of the molecule is CCCCCCCCCCCCCCC(=O)O[C@H](COC(=O)CCCCCCCCC(C)CC)COP(=O)(O)OC[C@@H](O)COP(=O)(O)OC[C@@H](COC(=O)CCCCCCC)OC(=O)CCCCCCCCCCC. The fourth-order valence-electron chi connectivity index (χ4n) is 8.31. The van der Waals surface area contributed by atoms with Crippen LogP contribution in [0.3, 0.4) is 0 Å². The number of rotatable bonds is 57. The lowest BCUT2D eigenvalue weighted by atomic mass is 10.00. The fraction of sp³-hybridized carbons (Fsp3) is 0.930. The van der Waals surface area contributed by atoms with E-state index in [0.29, 0.717) is 25.7 Å². The minimum absolute atomic E-state index is 0.105. The maximum atomic E-state index is 12.9. The van der Waals surface area contributed by atoms with Gasteiger partial charge in [0.05, 0.1) is 26.4 Å². The van der Waals surface area contributed by atoms with E-state index < -0.39 is 97.5 Å². The summed E-state index contributed by atoms with van der Waals surface area (Å²) in [4.78, 5) is 71.6. The van der Waals surface area contributed by atoms with Crippen LogP contribution in [0.5, 0.6) is 0 Å². The number of aliphatic hydroxyl groups is 1. The highest BCUT2D eigenvalue weighted by molar-refractivity contribution is 7.47. The number of hydrogen-bond acceptors (Lipinski definition) is 15. The molecule has 0 saturated carbocycles. The van der Waals surface area contributed by atoms with E-state index in [1.54, 1.807) is 0 Å². The Morgan fingerprint density at radius 3 is 0.934 bits per heavy atom. The smallest absolute Gasteiger partial charge is 0.462 e. The molecule has 0 radical (unpaired) electrons. The van der Waals surface area contributed by atoms with Crippen LogP contribution in [0.4, 0.5) is 0 Å². The second-order valence-corrected chi connectivity index (χ2v) is 23.8. The molecule has 3 unspecified atom stereocenters. The van der Waals surface area contributed by atoms with Gasteiger partial charge in [0.2, 0.25) is 0 Å². The van der Waals surface area contributed by atoms with Crippen molar-refractivity contribution in [3.63, 3.8) is 0 Å². The van der Waals surface area contributed by atoms with E-state index >= 15 is 0 Å². The second kappa shape index (κ2) is 51.2. The normalized spacial score (nSPS) is 14.8. The largest absolute Gasteiger partial charge is 0.472 e. The molecule has 0 aromatic rings. The first-order valence-corrected chi connectivity index (χ1v) is 33.2. The van der Waals surface area contributed by atoms with Crippen molar-refractivity contribution in [3.8, 4) is 0 Å². The Hall–Kier alpha value is -1.94. The summed E-state index contributed by atoms with van der Waals surface area (Å²) in [6.45, 7) is 6.99. The number of phosphoric acid groups is 2. The summed E-state index contributed by atoms with van der Waals surface area (Å²) in [5.41, 5.74) is 0. The standard InChI is InChI=1S/C57H110O17P2/c1-6-10-13-16-18-20-21-22-24-26-33-38-43-57(62)74-53(47-68-55(60)41-36-31-28-27-30-34-39-50(5)9-4)49-72-76(65,66)70-45-51(58)44-69-75(63,64)71-48-52(46-67-54(59)40-35-29-15-12-8-3)73-56(61)42-37-32-25-23-19-17-14-11-7-2/h50-53,58H,6-49H2,1-5H3,(H,63,64)(H,65,66)/t50?,51-,52+,53+/m0/s1. The molecule has 0 aliphatic rings. The molecule has 0 saturated heterocycles. The summed E-state index contributed by atoms with van der Waals surface area (Å²) in [5, 5.41) is 10.5. The predicted molar refractivity (Wildman–Crippen MR) is 298 cm³/mol. The number of aliphatic hydroxyl groups excluding tert-OH is 1. The zero-order valence-electron chi connectivity index (χ0n) is 48.4. The summed E-state index contributed by atoms with van der Waals surface area (Å²) in [5.74, 6) is -1.42. The van der Waals surface area contributed by atoms with Crippen LogP contribution in [0.15, 0.2) is 0 Å². The van der Waals surface area contributed by atoms with Crippen LogP contribution >= 0.6 is 15.6 Å². The van der Waals surface area contributed by atoms with Crippen LogP contribution in [0, 0.1) is 5.92 Å².